The highest BCUT2D eigenvalue weighted by Crippen LogP contribution is 2.13. The van der Waals surface area contributed by atoms with Gasteiger partial charge in [0.05, 0.1) is 6.61 Å². The number of hydrogen-bond donors (Lipinski definition) is 1. The Bertz CT molecular complexity index is 362. The van der Waals surface area contributed by atoms with E-state index in [4.69, 9.17) is 9.84 Å². The molecule has 16 heavy (non-hydrogen) atoms. The van der Waals surface area contributed by atoms with Crippen LogP contribution in [0.1, 0.15) is 5.56 Å². The van der Waals surface area contributed by atoms with E-state index in [1.165, 1.54) is 0 Å². The second kappa shape index (κ2) is 5.39. The fraction of sp³-hybridized carbons (Fsp3) is 0.273. The van der Waals surface area contributed by atoms with Crippen LogP contribution in [0.25, 0.3) is 0 Å². The maximum Gasteiger partial charge on any atom is 0.372 e. The number of ether oxygens (including phenoxy) is 2. The number of benzene rings is 1. The average Bonchev–Trinajstić information content (AvgIpc) is 2.32. The van der Waals surface area contributed by atoms with Crippen molar-refractivity contribution in [1.82, 2.24) is 0 Å². The van der Waals surface area contributed by atoms with Gasteiger partial charge in [-0.2, -0.15) is 0 Å². The highest BCUT2D eigenvalue weighted by Gasteiger charge is 2.40. The van der Waals surface area contributed by atoms with Crippen LogP contribution in [-0.2, 0) is 25.7 Å². The summed E-state index contributed by atoms with van der Waals surface area (Å²) in [5.74, 6) is -3.70. The molecular formula is C11H12O5. The minimum atomic E-state index is -2.23. The molecule has 0 bridgehead atoms. The Hall–Kier alpha value is -1.72. The first-order chi connectivity index (χ1) is 7.64. The van der Waals surface area contributed by atoms with Crippen LogP contribution >= 0.6 is 0 Å². The molecule has 0 radical (unpaired) electrons. The topological polar surface area (TPSA) is 72.8 Å². The summed E-state index contributed by atoms with van der Waals surface area (Å²) in [6.45, 7) is -0.0142. The van der Waals surface area contributed by atoms with E-state index in [9.17, 15) is 9.59 Å². The summed E-state index contributed by atoms with van der Waals surface area (Å²) in [6, 6.07) is 8.91. The van der Waals surface area contributed by atoms with Crippen molar-refractivity contribution in [1.29, 1.82) is 0 Å². The van der Waals surface area contributed by atoms with Crippen LogP contribution in [0.3, 0.4) is 0 Å². The molecule has 0 aromatic heterocycles. The van der Waals surface area contributed by atoms with Gasteiger partial charge in [-0.05, 0) is 5.56 Å². The Morgan fingerprint density at radius 2 is 2.06 bits per heavy atom. The third-order valence-corrected chi connectivity index (χ3v) is 2.05. The number of carboxylic acid groups (broad SMARTS) is 1. The maximum absolute atomic E-state index is 10.8. The molecule has 5 nitrogen and oxygen atoms in total. The average molecular weight is 224 g/mol. The number of aldehydes is 1. The normalized spacial score (nSPS) is 14.1. The minimum Gasteiger partial charge on any atom is -0.477 e. The van der Waals surface area contributed by atoms with Gasteiger partial charge in [0.1, 0.15) is 0 Å². The van der Waals surface area contributed by atoms with Crippen molar-refractivity contribution in [2.45, 2.75) is 12.4 Å². The van der Waals surface area contributed by atoms with Crippen molar-refractivity contribution in [3.8, 4) is 0 Å². The molecule has 0 spiro atoms. The summed E-state index contributed by atoms with van der Waals surface area (Å²) in [7, 11) is 1.10. The summed E-state index contributed by atoms with van der Waals surface area (Å²) < 4.78 is 9.57. The van der Waals surface area contributed by atoms with Gasteiger partial charge in [0.25, 0.3) is 0 Å². The molecule has 0 amide bonds. The molecule has 1 atom stereocenters. The molecule has 0 heterocycles. The lowest BCUT2D eigenvalue weighted by Gasteiger charge is -2.21. The van der Waals surface area contributed by atoms with E-state index in [0.29, 0.717) is 0 Å². The third-order valence-electron chi connectivity index (χ3n) is 2.05. The fourth-order valence-corrected chi connectivity index (χ4v) is 1.11. The molecule has 1 aromatic carbocycles. The molecule has 86 valence electrons. The monoisotopic (exact) mass is 224 g/mol. The zero-order valence-corrected chi connectivity index (χ0v) is 8.75. The van der Waals surface area contributed by atoms with Crippen LogP contribution in [0.5, 0.6) is 0 Å². The number of rotatable bonds is 6. The number of hydrogen-bond acceptors (Lipinski definition) is 4. The second-order valence-corrected chi connectivity index (χ2v) is 3.07. The first kappa shape index (κ1) is 12.4. The maximum atomic E-state index is 10.8. The van der Waals surface area contributed by atoms with Gasteiger partial charge in [-0.15, -0.1) is 0 Å². The first-order valence-corrected chi connectivity index (χ1v) is 4.57. The lowest BCUT2D eigenvalue weighted by molar-refractivity contribution is -0.225. The molecular weight excluding hydrogens is 212 g/mol. The highest BCUT2D eigenvalue weighted by molar-refractivity contribution is 5.93. The standard InChI is InChI=1S/C11H12O5/c1-15-11(8-12,10(13)14)16-7-9-5-3-2-4-6-9/h2-6,8H,7H2,1H3,(H,13,14). The zero-order valence-electron chi connectivity index (χ0n) is 8.75. The lowest BCUT2D eigenvalue weighted by Crippen LogP contribution is -2.45. The van der Waals surface area contributed by atoms with E-state index in [0.717, 1.165) is 12.7 Å². The molecule has 0 saturated carbocycles. The van der Waals surface area contributed by atoms with Gasteiger partial charge in [0.15, 0.2) is 6.29 Å². The summed E-state index contributed by atoms with van der Waals surface area (Å²) in [5.41, 5.74) is 0.757. The SMILES string of the molecule is COC(C=O)(OCc1ccccc1)C(=O)O. The molecule has 0 aliphatic heterocycles. The smallest absolute Gasteiger partial charge is 0.372 e. The molecule has 1 aromatic rings. The van der Waals surface area contributed by atoms with Crippen LogP contribution in [0.4, 0.5) is 0 Å². The summed E-state index contributed by atoms with van der Waals surface area (Å²) >= 11 is 0. The van der Waals surface area contributed by atoms with E-state index < -0.39 is 11.8 Å². The number of carbonyl (C=O) groups is 2. The molecule has 0 saturated heterocycles. The molecule has 1 N–H and O–H groups in total. The molecule has 5 heteroatoms. The van der Waals surface area contributed by atoms with Crippen molar-refractivity contribution in [3.05, 3.63) is 35.9 Å². The summed E-state index contributed by atoms with van der Waals surface area (Å²) in [5, 5.41) is 8.82. The Balaban J connectivity index is 2.71. The Morgan fingerprint density at radius 1 is 1.44 bits per heavy atom. The van der Waals surface area contributed by atoms with Crippen molar-refractivity contribution in [2.24, 2.45) is 0 Å². The van der Waals surface area contributed by atoms with Gasteiger partial charge in [-0.25, -0.2) is 4.79 Å². The van der Waals surface area contributed by atoms with Crippen LogP contribution in [0, 0.1) is 0 Å². The Kier molecular flexibility index (Phi) is 4.16. The van der Waals surface area contributed by atoms with E-state index in [2.05, 4.69) is 4.74 Å². The molecule has 0 aliphatic rings. The highest BCUT2D eigenvalue weighted by atomic mass is 16.7. The second-order valence-electron chi connectivity index (χ2n) is 3.07. The molecule has 1 rings (SSSR count). The van der Waals surface area contributed by atoms with Gasteiger partial charge in [-0.3, -0.25) is 4.79 Å². The first-order valence-electron chi connectivity index (χ1n) is 4.57. The summed E-state index contributed by atoms with van der Waals surface area (Å²) in [6.07, 6.45) is 0.123. The van der Waals surface area contributed by atoms with Gasteiger partial charge < -0.3 is 14.6 Å². The van der Waals surface area contributed by atoms with E-state index in [1.807, 2.05) is 6.07 Å². The van der Waals surface area contributed by atoms with Crippen molar-refractivity contribution in [2.75, 3.05) is 7.11 Å². The van der Waals surface area contributed by atoms with Crippen LogP contribution in [0.15, 0.2) is 30.3 Å². The number of methoxy groups -OCH3 is 1. The van der Waals surface area contributed by atoms with Gasteiger partial charge >= 0.3 is 11.8 Å². The Morgan fingerprint density at radius 3 is 2.50 bits per heavy atom. The van der Waals surface area contributed by atoms with Gasteiger partial charge in [-0.1, -0.05) is 30.3 Å². The number of carbonyl (C=O) groups excluding carboxylic acids is 1. The van der Waals surface area contributed by atoms with Crippen LogP contribution in [-0.4, -0.2) is 30.3 Å². The number of aliphatic carboxylic acids is 1. The third kappa shape index (κ3) is 2.65. The van der Waals surface area contributed by atoms with Crippen molar-refractivity contribution >= 4 is 12.3 Å². The fourth-order valence-electron chi connectivity index (χ4n) is 1.11. The van der Waals surface area contributed by atoms with E-state index >= 15 is 0 Å². The zero-order chi connectivity index (χ0) is 12.0. The van der Waals surface area contributed by atoms with E-state index in [-0.39, 0.29) is 12.9 Å². The Labute approximate surface area is 92.6 Å². The molecule has 0 fully saturated rings. The lowest BCUT2D eigenvalue weighted by atomic mass is 10.2. The van der Waals surface area contributed by atoms with Crippen molar-refractivity contribution in [3.63, 3.8) is 0 Å². The summed E-state index contributed by atoms with van der Waals surface area (Å²) in [4.78, 5) is 21.5. The molecule has 1 unspecified atom stereocenters. The minimum absolute atomic E-state index is 0.0142. The predicted molar refractivity (Wildman–Crippen MR) is 54.7 cm³/mol. The number of carboxylic acids is 1. The van der Waals surface area contributed by atoms with Gasteiger partial charge in [0, 0.05) is 7.11 Å². The molecule has 0 aliphatic carbocycles. The van der Waals surface area contributed by atoms with Crippen LogP contribution < -0.4 is 0 Å². The van der Waals surface area contributed by atoms with Gasteiger partial charge in [0.2, 0.25) is 0 Å². The quantitative estimate of drug-likeness (QED) is 0.440. The van der Waals surface area contributed by atoms with Crippen molar-refractivity contribution < 1.29 is 24.2 Å². The largest absolute Gasteiger partial charge is 0.477 e. The van der Waals surface area contributed by atoms with Crippen LogP contribution in [0.2, 0.25) is 0 Å². The predicted octanol–water partition coefficient (Wildman–Crippen LogP) is 0.829. The van der Waals surface area contributed by atoms with E-state index in [1.54, 1.807) is 24.3 Å².